The molecule has 0 spiro atoms. The number of aliphatic hydroxyl groups excluding tert-OH is 1. The van der Waals surface area contributed by atoms with Gasteiger partial charge < -0.3 is 41.9 Å². The summed E-state index contributed by atoms with van der Waals surface area (Å²) >= 11 is 0. The van der Waals surface area contributed by atoms with Gasteiger partial charge in [-0.1, -0.05) is 38.5 Å². The van der Waals surface area contributed by atoms with Crippen molar-refractivity contribution in [3.05, 3.63) is 54.2 Å². The largest absolute Gasteiger partial charge is 0.480 e. The summed E-state index contributed by atoms with van der Waals surface area (Å²) in [6.07, 6.45) is 5.19. The summed E-state index contributed by atoms with van der Waals surface area (Å²) in [7, 11) is 0. The molecule has 9 N–H and O–H groups in total. The summed E-state index contributed by atoms with van der Waals surface area (Å²) in [6, 6.07) is 2.70. The number of aromatic nitrogens is 3. The van der Waals surface area contributed by atoms with Gasteiger partial charge in [-0.3, -0.25) is 14.4 Å². The summed E-state index contributed by atoms with van der Waals surface area (Å²) in [5.74, 6) is -3.67. The predicted molar refractivity (Wildman–Crippen MR) is 142 cm³/mol. The first kappa shape index (κ1) is 29.3. The van der Waals surface area contributed by atoms with E-state index in [9.17, 15) is 29.4 Å². The zero-order valence-corrected chi connectivity index (χ0v) is 21.8. The molecule has 1 aromatic carbocycles. The van der Waals surface area contributed by atoms with E-state index in [2.05, 4.69) is 30.9 Å². The number of fused-ring (bicyclic) bond motifs is 1. The number of hydrogen-bond donors (Lipinski definition) is 8. The number of hydrogen-bond acceptors (Lipinski definition) is 7. The number of H-pyrrole nitrogens is 2. The van der Waals surface area contributed by atoms with Crippen LogP contribution in [0.15, 0.2) is 43.0 Å². The predicted octanol–water partition coefficient (Wildman–Crippen LogP) is -0.419. The molecule has 210 valence electrons. The molecule has 2 heterocycles. The maximum Gasteiger partial charge on any atom is 0.326 e. The Morgan fingerprint density at radius 1 is 1.00 bits per heavy atom. The van der Waals surface area contributed by atoms with Crippen LogP contribution >= 0.6 is 0 Å². The number of carboxylic acid groups (broad SMARTS) is 1. The third kappa shape index (κ3) is 7.65. The average molecular weight is 542 g/mol. The van der Waals surface area contributed by atoms with Crippen LogP contribution in [-0.2, 0) is 32.0 Å². The lowest BCUT2D eigenvalue weighted by Crippen LogP contribution is -2.59. The second-order valence-corrected chi connectivity index (χ2v) is 9.47. The number of nitrogens with two attached hydrogens (primary N) is 1. The maximum absolute atomic E-state index is 13.5. The molecule has 0 aliphatic heterocycles. The number of carbonyl (C=O) groups excluding carboxylic acids is 3. The summed E-state index contributed by atoms with van der Waals surface area (Å²) in [6.45, 7) is 2.91. The SMILES string of the molecule is CCC(C)C(NC(=O)C(Cc1c[nH]c2ccccc12)NC(=O)C(Cc1cnc[nH]1)NC(=O)C(N)CO)C(=O)O. The Morgan fingerprint density at radius 3 is 2.31 bits per heavy atom. The van der Waals surface area contributed by atoms with Crippen molar-refractivity contribution in [2.75, 3.05) is 6.61 Å². The number of aliphatic carboxylic acids is 1. The molecule has 3 amide bonds. The van der Waals surface area contributed by atoms with Gasteiger partial charge in [-0.25, -0.2) is 9.78 Å². The third-order valence-electron chi connectivity index (χ3n) is 6.65. The number of amides is 3. The molecule has 0 aliphatic carbocycles. The van der Waals surface area contributed by atoms with Gasteiger partial charge in [-0.15, -0.1) is 0 Å². The van der Waals surface area contributed by atoms with Gasteiger partial charge in [0.25, 0.3) is 0 Å². The van der Waals surface area contributed by atoms with Crippen LogP contribution < -0.4 is 21.7 Å². The van der Waals surface area contributed by atoms with Crippen molar-refractivity contribution in [2.45, 2.75) is 57.3 Å². The maximum atomic E-state index is 13.5. The molecule has 2 aromatic heterocycles. The van der Waals surface area contributed by atoms with Gasteiger partial charge in [0.05, 0.1) is 12.9 Å². The second-order valence-electron chi connectivity index (χ2n) is 9.47. The lowest BCUT2D eigenvalue weighted by atomic mass is 9.97. The first-order chi connectivity index (χ1) is 18.6. The Balaban J connectivity index is 1.89. The van der Waals surface area contributed by atoms with E-state index in [4.69, 9.17) is 5.73 Å². The molecule has 5 atom stereocenters. The smallest absolute Gasteiger partial charge is 0.326 e. The van der Waals surface area contributed by atoms with E-state index in [0.717, 1.165) is 16.5 Å². The van der Waals surface area contributed by atoms with Crippen molar-refractivity contribution in [1.29, 1.82) is 0 Å². The molecular formula is C26H35N7O6. The fourth-order valence-corrected chi connectivity index (χ4v) is 4.13. The Kier molecular flexibility index (Phi) is 10.2. The molecule has 13 nitrogen and oxygen atoms in total. The highest BCUT2D eigenvalue weighted by Gasteiger charge is 2.32. The van der Waals surface area contributed by atoms with E-state index in [1.807, 2.05) is 31.2 Å². The fourth-order valence-electron chi connectivity index (χ4n) is 4.13. The minimum atomic E-state index is -1.25. The van der Waals surface area contributed by atoms with Gasteiger partial charge in [0.15, 0.2) is 0 Å². The number of nitrogens with one attached hydrogen (secondary N) is 5. The number of carbonyl (C=O) groups is 4. The van der Waals surface area contributed by atoms with E-state index < -0.39 is 54.5 Å². The van der Waals surface area contributed by atoms with Gasteiger partial charge in [-0.05, 0) is 17.5 Å². The van der Waals surface area contributed by atoms with Gasteiger partial charge in [-0.2, -0.15) is 0 Å². The topological polar surface area (TPSA) is 215 Å². The number of aliphatic hydroxyl groups is 1. The van der Waals surface area contributed by atoms with E-state index in [1.165, 1.54) is 12.5 Å². The molecule has 3 aromatic rings. The van der Waals surface area contributed by atoms with Crippen molar-refractivity contribution < 1.29 is 29.4 Å². The normalized spacial score (nSPS) is 15.1. The van der Waals surface area contributed by atoms with Crippen LogP contribution in [0, 0.1) is 5.92 Å². The Morgan fingerprint density at radius 2 is 1.67 bits per heavy atom. The molecule has 0 saturated carbocycles. The van der Waals surface area contributed by atoms with E-state index >= 15 is 0 Å². The number of benzene rings is 1. The third-order valence-corrected chi connectivity index (χ3v) is 6.65. The molecular weight excluding hydrogens is 506 g/mol. The zero-order chi connectivity index (χ0) is 28.5. The van der Waals surface area contributed by atoms with Crippen LogP contribution in [0.2, 0.25) is 0 Å². The average Bonchev–Trinajstić information content (AvgIpc) is 3.59. The van der Waals surface area contributed by atoms with Gasteiger partial charge in [0.1, 0.15) is 24.2 Å². The number of rotatable bonds is 14. The minimum Gasteiger partial charge on any atom is -0.480 e. The number of aromatic amines is 2. The summed E-state index contributed by atoms with van der Waals surface area (Å²) in [4.78, 5) is 61.1. The molecule has 0 fully saturated rings. The standard InChI is InChI=1S/C26H35N7O6/c1-3-14(2)22(26(38)39)33-25(37)20(8-15-10-29-19-7-5-4-6-17(15)19)32-24(36)21(9-16-11-28-13-30-16)31-23(35)18(27)12-34/h4-7,10-11,13-14,18,20-22,29,34H,3,8-9,12,27H2,1-2H3,(H,28,30)(H,31,35)(H,32,36)(H,33,37)(H,38,39). The van der Waals surface area contributed by atoms with Crippen LogP contribution in [0.25, 0.3) is 10.9 Å². The molecule has 0 radical (unpaired) electrons. The van der Waals surface area contributed by atoms with Gasteiger partial charge in [0, 0.05) is 41.8 Å². The van der Waals surface area contributed by atoms with Crippen LogP contribution in [0.4, 0.5) is 0 Å². The van der Waals surface area contributed by atoms with Crippen LogP contribution in [0.1, 0.15) is 31.5 Å². The molecule has 39 heavy (non-hydrogen) atoms. The van der Waals surface area contributed by atoms with Crippen molar-refractivity contribution in [1.82, 2.24) is 30.9 Å². The van der Waals surface area contributed by atoms with E-state index in [1.54, 1.807) is 13.1 Å². The number of carboxylic acids is 1. The highest BCUT2D eigenvalue weighted by atomic mass is 16.4. The molecule has 0 aliphatic rings. The van der Waals surface area contributed by atoms with Crippen molar-refractivity contribution in [3.8, 4) is 0 Å². The number of para-hydroxylation sites is 1. The van der Waals surface area contributed by atoms with Crippen LogP contribution in [0.3, 0.4) is 0 Å². The number of imidazole rings is 1. The van der Waals surface area contributed by atoms with Crippen molar-refractivity contribution >= 4 is 34.6 Å². The molecule has 5 unspecified atom stereocenters. The second kappa shape index (κ2) is 13.5. The van der Waals surface area contributed by atoms with Crippen LogP contribution in [-0.4, -0.2) is 79.6 Å². The van der Waals surface area contributed by atoms with Gasteiger partial charge >= 0.3 is 5.97 Å². The lowest BCUT2D eigenvalue weighted by molar-refractivity contribution is -0.143. The summed E-state index contributed by atoms with van der Waals surface area (Å²) in [5, 5.41) is 27.6. The lowest BCUT2D eigenvalue weighted by Gasteiger charge is -2.26. The van der Waals surface area contributed by atoms with E-state index in [0.29, 0.717) is 12.1 Å². The highest BCUT2D eigenvalue weighted by molar-refractivity contribution is 5.95. The van der Waals surface area contributed by atoms with Crippen molar-refractivity contribution in [2.24, 2.45) is 11.7 Å². The molecule has 0 saturated heterocycles. The monoisotopic (exact) mass is 541 g/mol. The molecule has 13 heteroatoms. The van der Waals surface area contributed by atoms with Crippen LogP contribution in [0.5, 0.6) is 0 Å². The first-order valence-corrected chi connectivity index (χ1v) is 12.7. The summed E-state index contributed by atoms with van der Waals surface area (Å²) < 4.78 is 0. The minimum absolute atomic E-state index is 0.00175. The molecule has 0 bridgehead atoms. The fraction of sp³-hybridized carbons (Fsp3) is 0.423. The quantitative estimate of drug-likeness (QED) is 0.134. The van der Waals surface area contributed by atoms with E-state index in [-0.39, 0.29) is 18.8 Å². The molecule has 3 rings (SSSR count). The Labute approximate surface area is 225 Å². The van der Waals surface area contributed by atoms with Crippen molar-refractivity contribution in [3.63, 3.8) is 0 Å². The Bertz CT molecular complexity index is 1270. The zero-order valence-electron chi connectivity index (χ0n) is 21.8. The number of nitrogens with zero attached hydrogens (tertiary/aromatic N) is 1. The highest BCUT2D eigenvalue weighted by Crippen LogP contribution is 2.20. The Hall–Kier alpha value is -4.23. The summed E-state index contributed by atoms with van der Waals surface area (Å²) in [5.41, 5.74) is 7.72. The first-order valence-electron chi connectivity index (χ1n) is 12.7. The van der Waals surface area contributed by atoms with Gasteiger partial charge in [0.2, 0.25) is 17.7 Å².